The molecule has 0 unspecified atom stereocenters. The Morgan fingerprint density at radius 2 is 1.93 bits per heavy atom. The van der Waals surface area contributed by atoms with Gasteiger partial charge in [-0.25, -0.2) is 0 Å². The second-order valence-corrected chi connectivity index (χ2v) is 6.85. The van der Waals surface area contributed by atoms with E-state index in [0.717, 1.165) is 42.0 Å². The lowest BCUT2D eigenvalue weighted by atomic mass is 10.2. The number of hydrogen-bond acceptors (Lipinski definition) is 5. The van der Waals surface area contributed by atoms with Crippen LogP contribution in [0.15, 0.2) is 58.5 Å². The van der Waals surface area contributed by atoms with E-state index >= 15 is 0 Å². The largest absolute Gasteiger partial charge is 0.493 e. The second kappa shape index (κ2) is 9.58. The van der Waals surface area contributed by atoms with Crippen molar-refractivity contribution in [2.24, 2.45) is 4.99 Å². The number of aliphatic imine (C=N–C) groups is 1. The molecule has 1 heterocycles. The molecule has 2 aromatic rings. The molecule has 6 heteroatoms. The summed E-state index contributed by atoms with van der Waals surface area (Å²) in [5, 5.41) is 0. The third-order valence-corrected chi connectivity index (χ3v) is 4.91. The first-order valence-corrected chi connectivity index (χ1v) is 9.58. The molecule has 0 bridgehead atoms. The maximum atomic E-state index is 5.62. The highest BCUT2D eigenvalue weighted by Crippen LogP contribution is 2.33. The fraction of sp³-hybridized carbons (Fsp3) is 0.286. The third kappa shape index (κ3) is 5.11. The molecule has 1 fully saturated rings. The highest BCUT2D eigenvalue weighted by atomic mass is 79.9. The number of nitrogens with zero attached hydrogens (tertiary/aromatic N) is 2. The molecule has 2 aromatic carbocycles. The van der Waals surface area contributed by atoms with E-state index in [2.05, 4.69) is 44.5 Å². The van der Waals surface area contributed by atoms with E-state index in [-0.39, 0.29) is 0 Å². The molecule has 0 spiro atoms. The van der Waals surface area contributed by atoms with Crippen LogP contribution in [0.4, 0.5) is 11.4 Å². The summed E-state index contributed by atoms with van der Waals surface area (Å²) in [6.07, 6.45) is 3.51. The molecule has 0 atom stereocenters. The van der Waals surface area contributed by atoms with Gasteiger partial charge < -0.3 is 19.1 Å². The van der Waals surface area contributed by atoms with Crippen LogP contribution in [-0.2, 0) is 4.74 Å². The zero-order chi connectivity index (χ0) is 19.1. The number of anilines is 1. The molecule has 0 amide bonds. The third-order valence-electron chi connectivity index (χ3n) is 4.22. The van der Waals surface area contributed by atoms with E-state index in [1.165, 1.54) is 5.69 Å². The van der Waals surface area contributed by atoms with Crippen LogP contribution in [0.1, 0.15) is 5.56 Å². The number of methoxy groups -OCH3 is 1. The minimum Gasteiger partial charge on any atom is -0.493 e. The summed E-state index contributed by atoms with van der Waals surface area (Å²) in [6.45, 7) is 7.50. The van der Waals surface area contributed by atoms with Gasteiger partial charge in [-0.3, -0.25) is 4.99 Å². The fourth-order valence-electron chi connectivity index (χ4n) is 2.79. The first-order chi connectivity index (χ1) is 13.2. The van der Waals surface area contributed by atoms with E-state index in [1.54, 1.807) is 13.2 Å². The average Bonchev–Trinajstić information content (AvgIpc) is 2.72. The number of morpholine rings is 1. The van der Waals surface area contributed by atoms with Gasteiger partial charge in [-0.2, -0.15) is 0 Å². The summed E-state index contributed by atoms with van der Waals surface area (Å²) in [7, 11) is 1.62. The molecule has 1 saturated heterocycles. The van der Waals surface area contributed by atoms with Gasteiger partial charge in [-0.1, -0.05) is 12.7 Å². The normalized spacial score (nSPS) is 14.4. The summed E-state index contributed by atoms with van der Waals surface area (Å²) in [5.41, 5.74) is 3.00. The van der Waals surface area contributed by atoms with Gasteiger partial charge in [0.25, 0.3) is 0 Å². The Labute approximate surface area is 168 Å². The van der Waals surface area contributed by atoms with Gasteiger partial charge in [0.1, 0.15) is 6.61 Å². The van der Waals surface area contributed by atoms with Crippen LogP contribution in [0.3, 0.4) is 0 Å². The summed E-state index contributed by atoms with van der Waals surface area (Å²) in [5.74, 6) is 1.32. The number of halogens is 1. The minimum atomic E-state index is 0.422. The van der Waals surface area contributed by atoms with Crippen molar-refractivity contribution in [3.63, 3.8) is 0 Å². The van der Waals surface area contributed by atoms with Gasteiger partial charge in [-0.05, 0) is 52.3 Å². The van der Waals surface area contributed by atoms with Crippen LogP contribution in [0.25, 0.3) is 0 Å². The second-order valence-electron chi connectivity index (χ2n) is 6.00. The number of benzene rings is 2. The highest BCUT2D eigenvalue weighted by Gasteiger charge is 2.11. The van der Waals surface area contributed by atoms with Crippen molar-refractivity contribution in [2.75, 3.05) is 44.9 Å². The van der Waals surface area contributed by atoms with Crippen molar-refractivity contribution in [1.29, 1.82) is 0 Å². The molecule has 0 N–H and O–H groups in total. The standard InChI is InChI=1S/C21H23BrN2O3/c1-3-10-27-21-14-19(22)16(13-20(21)25-2)15-23-17-4-6-18(7-5-17)24-8-11-26-12-9-24/h3-7,13-15H,1,8-12H2,2H3. The first kappa shape index (κ1) is 19.5. The summed E-state index contributed by atoms with van der Waals surface area (Å²) in [4.78, 5) is 6.90. The van der Waals surface area contributed by atoms with Crippen molar-refractivity contribution < 1.29 is 14.2 Å². The number of rotatable bonds is 7. The van der Waals surface area contributed by atoms with Crippen LogP contribution >= 0.6 is 15.9 Å². The van der Waals surface area contributed by atoms with Gasteiger partial charge in [-0.15, -0.1) is 0 Å². The van der Waals surface area contributed by atoms with Crippen molar-refractivity contribution in [1.82, 2.24) is 0 Å². The zero-order valence-corrected chi connectivity index (χ0v) is 16.9. The van der Waals surface area contributed by atoms with Crippen molar-refractivity contribution in [2.45, 2.75) is 0 Å². The Morgan fingerprint density at radius 3 is 2.59 bits per heavy atom. The molecule has 5 nitrogen and oxygen atoms in total. The Bertz CT molecular complexity index is 800. The van der Waals surface area contributed by atoms with Crippen LogP contribution < -0.4 is 14.4 Å². The van der Waals surface area contributed by atoms with E-state index in [4.69, 9.17) is 14.2 Å². The predicted octanol–water partition coefficient (Wildman–Crippen LogP) is 4.61. The molecular formula is C21H23BrN2O3. The maximum absolute atomic E-state index is 5.62. The van der Waals surface area contributed by atoms with Crippen molar-refractivity contribution in [3.8, 4) is 11.5 Å². The summed E-state index contributed by atoms with van der Waals surface area (Å²) in [6, 6.07) is 12.0. The maximum Gasteiger partial charge on any atom is 0.162 e. The average molecular weight is 431 g/mol. The number of hydrogen-bond donors (Lipinski definition) is 0. The van der Waals surface area contributed by atoms with E-state index in [0.29, 0.717) is 18.1 Å². The van der Waals surface area contributed by atoms with E-state index in [1.807, 2.05) is 30.5 Å². The lowest BCUT2D eigenvalue weighted by Crippen LogP contribution is -2.36. The van der Waals surface area contributed by atoms with Gasteiger partial charge in [0.2, 0.25) is 0 Å². The van der Waals surface area contributed by atoms with E-state index < -0.39 is 0 Å². The molecule has 0 radical (unpaired) electrons. The highest BCUT2D eigenvalue weighted by molar-refractivity contribution is 9.10. The van der Waals surface area contributed by atoms with Crippen molar-refractivity contribution >= 4 is 33.5 Å². The smallest absolute Gasteiger partial charge is 0.162 e. The molecule has 142 valence electrons. The molecular weight excluding hydrogens is 408 g/mol. The Hall–Kier alpha value is -2.31. The Balaban J connectivity index is 1.74. The van der Waals surface area contributed by atoms with Crippen LogP contribution in [-0.4, -0.2) is 46.2 Å². The lowest BCUT2D eigenvalue weighted by molar-refractivity contribution is 0.122. The van der Waals surface area contributed by atoms with E-state index in [9.17, 15) is 0 Å². The van der Waals surface area contributed by atoms with Gasteiger partial charge in [0, 0.05) is 35.0 Å². The van der Waals surface area contributed by atoms with Gasteiger partial charge in [0.05, 0.1) is 26.0 Å². The quantitative estimate of drug-likeness (QED) is 0.475. The molecule has 1 aliphatic heterocycles. The summed E-state index contributed by atoms with van der Waals surface area (Å²) >= 11 is 3.57. The predicted molar refractivity (Wildman–Crippen MR) is 113 cm³/mol. The van der Waals surface area contributed by atoms with Crippen LogP contribution in [0, 0.1) is 0 Å². The topological polar surface area (TPSA) is 43.3 Å². The van der Waals surface area contributed by atoms with Crippen LogP contribution in [0.2, 0.25) is 0 Å². The molecule has 27 heavy (non-hydrogen) atoms. The molecule has 3 rings (SSSR count). The first-order valence-electron chi connectivity index (χ1n) is 8.79. The van der Waals surface area contributed by atoms with Gasteiger partial charge >= 0.3 is 0 Å². The zero-order valence-electron chi connectivity index (χ0n) is 15.4. The molecule has 0 saturated carbocycles. The molecule has 0 aliphatic carbocycles. The lowest BCUT2D eigenvalue weighted by Gasteiger charge is -2.28. The van der Waals surface area contributed by atoms with Gasteiger partial charge in [0.15, 0.2) is 11.5 Å². The monoisotopic (exact) mass is 430 g/mol. The SMILES string of the molecule is C=CCOc1cc(Br)c(C=Nc2ccc(N3CCOCC3)cc2)cc1OC. The van der Waals surface area contributed by atoms with Crippen LogP contribution in [0.5, 0.6) is 11.5 Å². The Morgan fingerprint density at radius 1 is 1.19 bits per heavy atom. The van der Waals surface area contributed by atoms with Crippen molar-refractivity contribution in [3.05, 3.63) is 59.1 Å². The minimum absolute atomic E-state index is 0.422. The number of ether oxygens (including phenoxy) is 3. The fourth-order valence-corrected chi connectivity index (χ4v) is 3.21. The molecule has 1 aliphatic rings. The summed E-state index contributed by atoms with van der Waals surface area (Å²) < 4.78 is 17.3. The molecule has 0 aromatic heterocycles. The Kier molecular flexibility index (Phi) is 6.90.